The smallest absolute Gasteiger partial charge is 0.224 e. The fraction of sp³-hybridized carbons (Fsp3) is 0.294. The summed E-state index contributed by atoms with van der Waals surface area (Å²) in [7, 11) is 0. The van der Waals surface area contributed by atoms with Crippen molar-refractivity contribution < 1.29 is 14.3 Å². The second kappa shape index (κ2) is 7.75. The summed E-state index contributed by atoms with van der Waals surface area (Å²) >= 11 is 1.46. The molecular weight excluding hydrogens is 298 g/mol. The lowest BCUT2D eigenvalue weighted by atomic mass is 10.2. The van der Waals surface area contributed by atoms with Gasteiger partial charge in [-0.1, -0.05) is 0 Å². The third-order valence-corrected chi connectivity index (χ3v) is 4.09. The number of hydrogen-bond acceptors (Lipinski definition) is 4. The average Bonchev–Trinajstić information content (AvgIpc) is 2.94. The van der Waals surface area contributed by atoms with Crippen LogP contribution >= 0.6 is 11.3 Å². The molecule has 1 aromatic carbocycles. The van der Waals surface area contributed by atoms with Crippen molar-refractivity contribution in [2.24, 2.45) is 0 Å². The van der Waals surface area contributed by atoms with E-state index in [1.807, 2.05) is 26.0 Å². The molecule has 0 radical (unpaired) electrons. The van der Waals surface area contributed by atoms with Gasteiger partial charge in [0.25, 0.3) is 0 Å². The van der Waals surface area contributed by atoms with Gasteiger partial charge in [-0.3, -0.25) is 9.59 Å². The number of ether oxygens (including phenoxy) is 1. The molecular formula is C17H19NO3S. The second-order valence-electron chi connectivity index (χ2n) is 4.84. The zero-order valence-corrected chi connectivity index (χ0v) is 13.5. The minimum atomic E-state index is -0.161. The highest BCUT2D eigenvalue weighted by Gasteiger charge is 2.11. The number of rotatable bonds is 7. The van der Waals surface area contributed by atoms with Crippen molar-refractivity contribution in [3.8, 4) is 5.75 Å². The zero-order chi connectivity index (χ0) is 15.9. The van der Waals surface area contributed by atoms with Crippen LogP contribution in [0.3, 0.4) is 0 Å². The summed E-state index contributed by atoms with van der Waals surface area (Å²) in [6.07, 6.45) is 0.409. The van der Waals surface area contributed by atoms with Gasteiger partial charge in [-0.15, -0.1) is 11.3 Å². The Morgan fingerprint density at radius 2 is 1.82 bits per heavy atom. The predicted octanol–water partition coefficient (Wildman–Crippen LogP) is 4.06. The van der Waals surface area contributed by atoms with E-state index < -0.39 is 0 Å². The molecule has 0 unspecified atom stereocenters. The molecule has 0 saturated carbocycles. The van der Waals surface area contributed by atoms with Crippen LogP contribution in [0.5, 0.6) is 5.75 Å². The van der Waals surface area contributed by atoms with Gasteiger partial charge in [0.2, 0.25) is 5.91 Å². The molecule has 0 fully saturated rings. The first-order valence-electron chi connectivity index (χ1n) is 7.21. The molecule has 116 valence electrons. The van der Waals surface area contributed by atoms with Crippen LogP contribution in [-0.2, 0) is 4.79 Å². The van der Waals surface area contributed by atoms with Gasteiger partial charge in [0.05, 0.1) is 11.5 Å². The number of nitrogens with one attached hydrogen (secondary N) is 1. The molecule has 2 aromatic rings. The lowest BCUT2D eigenvalue weighted by Crippen LogP contribution is -2.13. The predicted molar refractivity (Wildman–Crippen MR) is 88.9 cm³/mol. The van der Waals surface area contributed by atoms with Crippen molar-refractivity contribution >= 4 is 28.7 Å². The standard InChI is InChI=1S/C17H19NO3S/c1-3-21-14-7-5-13(6-8-14)18-17(20)11-9-15(19)16-10-4-12(2)22-16/h4-8,10H,3,9,11H2,1-2H3,(H,18,20). The summed E-state index contributed by atoms with van der Waals surface area (Å²) in [5.74, 6) is 0.620. The molecule has 22 heavy (non-hydrogen) atoms. The van der Waals surface area contributed by atoms with Crippen molar-refractivity contribution in [1.82, 2.24) is 0 Å². The summed E-state index contributed by atoms with van der Waals surface area (Å²) in [6.45, 7) is 4.48. The van der Waals surface area contributed by atoms with Crippen LogP contribution in [0.15, 0.2) is 36.4 Å². The Labute approximate surface area is 134 Å². The van der Waals surface area contributed by atoms with Gasteiger partial charge in [0, 0.05) is 23.4 Å². The molecule has 0 spiro atoms. The molecule has 5 heteroatoms. The molecule has 0 saturated heterocycles. The maximum atomic E-state index is 11.9. The highest BCUT2D eigenvalue weighted by Crippen LogP contribution is 2.18. The lowest BCUT2D eigenvalue weighted by Gasteiger charge is -2.06. The van der Waals surface area contributed by atoms with E-state index in [2.05, 4.69) is 5.32 Å². The number of carbonyl (C=O) groups excluding carboxylic acids is 2. The van der Waals surface area contributed by atoms with E-state index in [9.17, 15) is 9.59 Å². The topological polar surface area (TPSA) is 55.4 Å². The Balaban J connectivity index is 1.81. The molecule has 2 rings (SSSR count). The fourth-order valence-corrected chi connectivity index (χ4v) is 2.79. The van der Waals surface area contributed by atoms with E-state index in [0.717, 1.165) is 10.6 Å². The van der Waals surface area contributed by atoms with Crippen molar-refractivity contribution in [2.45, 2.75) is 26.7 Å². The van der Waals surface area contributed by atoms with Crippen molar-refractivity contribution in [2.75, 3.05) is 11.9 Å². The highest BCUT2D eigenvalue weighted by molar-refractivity contribution is 7.14. The van der Waals surface area contributed by atoms with Crippen LogP contribution in [-0.4, -0.2) is 18.3 Å². The number of anilines is 1. The Morgan fingerprint density at radius 1 is 1.09 bits per heavy atom. The fourth-order valence-electron chi connectivity index (χ4n) is 1.96. The number of carbonyl (C=O) groups is 2. The number of thiophene rings is 1. The minimum Gasteiger partial charge on any atom is -0.494 e. The van der Waals surface area contributed by atoms with Crippen LogP contribution in [0.4, 0.5) is 5.69 Å². The molecule has 1 N–H and O–H groups in total. The van der Waals surface area contributed by atoms with Crippen molar-refractivity contribution in [3.63, 3.8) is 0 Å². The van der Waals surface area contributed by atoms with E-state index in [1.165, 1.54) is 11.3 Å². The molecule has 1 heterocycles. The third kappa shape index (κ3) is 4.70. The normalized spacial score (nSPS) is 10.3. The Morgan fingerprint density at radius 3 is 2.41 bits per heavy atom. The average molecular weight is 317 g/mol. The van der Waals surface area contributed by atoms with Crippen LogP contribution < -0.4 is 10.1 Å². The van der Waals surface area contributed by atoms with Gasteiger partial charge in [0.15, 0.2) is 5.78 Å². The minimum absolute atomic E-state index is 0.0138. The molecule has 1 aromatic heterocycles. The summed E-state index contributed by atoms with van der Waals surface area (Å²) in [4.78, 5) is 25.6. The number of aryl methyl sites for hydroxylation is 1. The number of benzene rings is 1. The maximum Gasteiger partial charge on any atom is 0.224 e. The number of hydrogen-bond donors (Lipinski definition) is 1. The number of ketones is 1. The summed E-state index contributed by atoms with van der Waals surface area (Å²) in [5.41, 5.74) is 0.702. The van der Waals surface area contributed by atoms with E-state index in [4.69, 9.17) is 4.74 Å². The molecule has 0 aliphatic rings. The first-order valence-corrected chi connectivity index (χ1v) is 8.02. The highest BCUT2D eigenvalue weighted by atomic mass is 32.1. The van der Waals surface area contributed by atoms with Crippen LogP contribution in [0.2, 0.25) is 0 Å². The molecule has 0 bridgehead atoms. The zero-order valence-electron chi connectivity index (χ0n) is 12.7. The van der Waals surface area contributed by atoms with Crippen LogP contribution in [0.1, 0.15) is 34.3 Å². The summed E-state index contributed by atoms with van der Waals surface area (Å²) in [5, 5.41) is 2.78. The van der Waals surface area contributed by atoms with Crippen molar-refractivity contribution in [3.05, 3.63) is 46.2 Å². The van der Waals surface area contributed by atoms with Crippen LogP contribution in [0.25, 0.3) is 0 Å². The van der Waals surface area contributed by atoms with Gasteiger partial charge in [-0.2, -0.15) is 0 Å². The Bertz CT molecular complexity index is 646. The molecule has 0 aliphatic heterocycles. The molecule has 0 atom stereocenters. The van der Waals surface area contributed by atoms with Gasteiger partial charge >= 0.3 is 0 Å². The monoisotopic (exact) mass is 317 g/mol. The first-order chi connectivity index (χ1) is 10.6. The van der Waals surface area contributed by atoms with Crippen molar-refractivity contribution in [1.29, 1.82) is 0 Å². The van der Waals surface area contributed by atoms with E-state index in [1.54, 1.807) is 24.3 Å². The second-order valence-corrected chi connectivity index (χ2v) is 6.13. The summed E-state index contributed by atoms with van der Waals surface area (Å²) < 4.78 is 5.34. The lowest BCUT2D eigenvalue weighted by molar-refractivity contribution is -0.116. The van der Waals surface area contributed by atoms with Crippen LogP contribution in [0, 0.1) is 6.92 Å². The summed E-state index contributed by atoms with van der Waals surface area (Å²) in [6, 6.07) is 10.9. The van der Waals surface area contributed by atoms with Gasteiger partial charge in [-0.25, -0.2) is 0 Å². The maximum absolute atomic E-state index is 11.9. The van der Waals surface area contributed by atoms with E-state index in [0.29, 0.717) is 17.2 Å². The quantitative estimate of drug-likeness (QED) is 0.784. The number of Topliss-reactive ketones (excluding diaryl/α,β-unsaturated/α-hetero) is 1. The third-order valence-electron chi connectivity index (χ3n) is 3.04. The van der Waals surface area contributed by atoms with Gasteiger partial charge < -0.3 is 10.1 Å². The Kier molecular flexibility index (Phi) is 5.72. The van der Waals surface area contributed by atoms with Gasteiger partial charge in [0.1, 0.15) is 5.75 Å². The first kappa shape index (κ1) is 16.2. The largest absolute Gasteiger partial charge is 0.494 e. The number of amides is 1. The van der Waals surface area contributed by atoms with Gasteiger partial charge in [-0.05, 0) is 50.2 Å². The molecule has 1 amide bonds. The Hall–Kier alpha value is -2.14. The van der Waals surface area contributed by atoms with E-state index >= 15 is 0 Å². The molecule has 0 aliphatic carbocycles. The van der Waals surface area contributed by atoms with E-state index in [-0.39, 0.29) is 24.5 Å². The molecule has 4 nitrogen and oxygen atoms in total. The SMILES string of the molecule is CCOc1ccc(NC(=O)CCC(=O)c2ccc(C)s2)cc1.